The van der Waals surface area contributed by atoms with Crippen molar-refractivity contribution in [2.75, 3.05) is 29.9 Å². The van der Waals surface area contributed by atoms with Gasteiger partial charge in [-0.3, -0.25) is 19.2 Å². The van der Waals surface area contributed by atoms with Crippen molar-refractivity contribution in [3.63, 3.8) is 0 Å². The van der Waals surface area contributed by atoms with Crippen LogP contribution in [0, 0.1) is 6.92 Å². The maximum Gasteiger partial charge on any atom is 0.309 e. The number of aryl methyl sites for hydroxylation is 1. The van der Waals surface area contributed by atoms with Gasteiger partial charge in [0.25, 0.3) is 15.9 Å². The molecule has 0 saturated heterocycles. The molecule has 0 atom stereocenters. The van der Waals surface area contributed by atoms with Crippen LogP contribution >= 0.6 is 22.9 Å². The van der Waals surface area contributed by atoms with E-state index < -0.39 is 21.9 Å². The number of ether oxygens (including phenoxy) is 2. The van der Waals surface area contributed by atoms with E-state index in [2.05, 4.69) is 10.3 Å². The summed E-state index contributed by atoms with van der Waals surface area (Å²) in [6.45, 7) is 1.85. The van der Waals surface area contributed by atoms with Crippen LogP contribution in [0.3, 0.4) is 0 Å². The Hall–Kier alpha value is -3.35. The van der Waals surface area contributed by atoms with Gasteiger partial charge in [0, 0.05) is 15.5 Å². The van der Waals surface area contributed by atoms with Crippen molar-refractivity contribution in [2.24, 2.45) is 0 Å². The number of carbonyl (C=O) groups excluding carboxylic acids is 1. The topological polar surface area (TPSA) is 135 Å². The third kappa shape index (κ3) is 5.04. The first-order chi connectivity index (χ1) is 16.6. The summed E-state index contributed by atoms with van der Waals surface area (Å²) in [6, 6.07) is 8.73. The minimum absolute atomic E-state index is 0.0142. The first kappa shape index (κ1) is 24.8. The van der Waals surface area contributed by atoms with E-state index in [-0.39, 0.29) is 51.6 Å². The molecule has 0 unspecified atom stereocenters. The van der Waals surface area contributed by atoms with E-state index in [1.54, 1.807) is 6.92 Å². The van der Waals surface area contributed by atoms with Gasteiger partial charge in [0.15, 0.2) is 5.13 Å². The lowest BCUT2D eigenvalue weighted by Gasteiger charge is -2.31. The maximum atomic E-state index is 13.6. The summed E-state index contributed by atoms with van der Waals surface area (Å²) in [7, 11) is -2.75. The van der Waals surface area contributed by atoms with E-state index in [4.69, 9.17) is 26.2 Å². The number of carboxylic acids is 1. The Bertz CT molecular complexity index is 1420. The Morgan fingerprint density at radius 3 is 2.77 bits per heavy atom. The van der Waals surface area contributed by atoms with Gasteiger partial charge in [0.1, 0.15) is 23.0 Å². The van der Waals surface area contributed by atoms with Crippen LogP contribution in [0.5, 0.6) is 11.5 Å². The number of aliphatic carboxylic acids is 1. The molecule has 0 fully saturated rings. The number of halogens is 1. The average molecular weight is 538 g/mol. The molecule has 1 aromatic heterocycles. The minimum Gasteiger partial charge on any atom is -0.495 e. The summed E-state index contributed by atoms with van der Waals surface area (Å²) in [4.78, 5) is 28.6. The van der Waals surface area contributed by atoms with E-state index in [0.717, 1.165) is 15.6 Å². The van der Waals surface area contributed by atoms with Gasteiger partial charge >= 0.3 is 5.97 Å². The molecule has 1 aliphatic rings. The Morgan fingerprint density at radius 2 is 2.06 bits per heavy atom. The van der Waals surface area contributed by atoms with Gasteiger partial charge in [-0.15, -0.1) is 11.3 Å². The number of carboxylic acid groups (broad SMARTS) is 1. The number of aromatic nitrogens is 1. The number of thiazole rings is 1. The number of nitrogens with one attached hydrogen (secondary N) is 1. The second-order valence-corrected chi connectivity index (χ2v) is 10.9. The summed E-state index contributed by atoms with van der Waals surface area (Å²) >= 11 is 7.20. The van der Waals surface area contributed by atoms with E-state index in [1.165, 1.54) is 43.5 Å². The van der Waals surface area contributed by atoms with Crippen molar-refractivity contribution in [3.05, 3.63) is 57.6 Å². The molecule has 1 aliphatic heterocycles. The van der Waals surface area contributed by atoms with Crippen LogP contribution in [0.2, 0.25) is 5.02 Å². The number of sulfonamides is 1. The molecule has 13 heteroatoms. The number of methoxy groups -OCH3 is 1. The summed E-state index contributed by atoms with van der Waals surface area (Å²) < 4.78 is 39.1. The molecule has 2 N–H and O–H groups in total. The van der Waals surface area contributed by atoms with E-state index in [1.807, 2.05) is 0 Å². The van der Waals surface area contributed by atoms with Gasteiger partial charge < -0.3 is 14.6 Å². The molecule has 184 valence electrons. The number of anilines is 2. The third-order valence-electron chi connectivity index (χ3n) is 5.17. The largest absolute Gasteiger partial charge is 0.495 e. The smallest absolute Gasteiger partial charge is 0.309 e. The van der Waals surface area contributed by atoms with E-state index in [9.17, 15) is 18.0 Å². The number of hydrogen-bond donors (Lipinski definition) is 2. The molecule has 3 aromatic rings. The first-order valence-electron chi connectivity index (χ1n) is 10.2. The van der Waals surface area contributed by atoms with Crippen molar-refractivity contribution in [1.82, 2.24) is 4.98 Å². The fourth-order valence-electron chi connectivity index (χ4n) is 3.51. The van der Waals surface area contributed by atoms with Crippen molar-refractivity contribution in [1.29, 1.82) is 0 Å². The molecule has 10 nitrogen and oxygen atoms in total. The number of rotatable bonds is 7. The van der Waals surface area contributed by atoms with Gasteiger partial charge in [-0.2, -0.15) is 0 Å². The highest BCUT2D eigenvalue weighted by Gasteiger charge is 2.33. The van der Waals surface area contributed by atoms with Crippen LogP contribution in [0.15, 0.2) is 41.3 Å². The lowest BCUT2D eigenvalue weighted by Crippen LogP contribution is -2.38. The first-order valence-corrected chi connectivity index (χ1v) is 12.9. The maximum absolute atomic E-state index is 13.6. The molecule has 35 heavy (non-hydrogen) atoms. The second kappa shape index (κ2) is 9.72. The molecule has 0 aliphatic carbocycles. The zero-order chi connectivity index (χ0) is 25.3. The summed E-state index contributed by atoms with van der Waals surface area (Å²) in [5, 5.41) is 12.1. The van der Waals surface area contributed by atoms with E-state index in [0.29, 0.717) is 16.3 Å². The zero-order valence-electron chi connectivity index (χ0n) is 18.6. The quantitative estimate of drug-likeness (QED) is 0.467. The van der Waals surface area contributed by atoms with Gasteiger partial charge in [-0.1, -0.05) is 11.6 Å². The van der Waals surface area contributed by atoms with Gasteiger partial charge in [-0.05, 0) is 43.3 Å². The Labute approximate surface area is 210 Å². The Morgan fingerprint density at radius 1 is 1.29 bits per heavy atom. The standard InChI is InChI=1S/C22H20ClN3O7S2/c1-12-15(11-20(27)28)24-22(34-12)25-21(29)13-3-5-17-16(9-13)26(7-8-33-17)35(30,31)19-10-14(23)4-6-18(19)32-2/h3-6,9-10H,7-8,11H2,1-2H3,(H,27,28)(H,24,25,29). The molecule has 2 heterocycles. The summed E-state index contributed by atoms with van der Waals surface area (Å²) in [5.74, 6) is -1.13. The number of hydrogen-bond acceptors (Lipinski definition) is 8. The van der Waals surface area contributed by atoms with Crippen molar-refractivity contribution < 1.29 is 32.6 Å². The van der Waals surface area contributed by atoms with Crippen LogP contribution in [0.4, 0.5) is 10.8 Å². The number of nitrogens with zero attached hydrogens (tertiary/aromatic N) is 2. The average Bonchev–Trinajstić information content (AvgIpc) is 3.15. The Balaban J connectivity index is 1.66. The summed E-state index contributed by atoms with van der Waals surface area (Å²) in [5.41, 5.74) is 0.720. The van der Waals surface area contributed by atoms with Crippen molar-refractivity contribution in [2.45, 2.75) is 18.2 Å². The molecule has 0 radical (unpaired) electrons. The molecule has 0 bridgehead atoms. The molecule has 1 amide bonds. The fraction of sp³-hybridized carbons (Fsp3) is 0.227. The normalized spacial score (nSPS) is 13.1. The zero-order valence-corrected chi connectivity index (χ0v) is 21.0. The summed E-state index contributed by atoms with van der Waals surface area (Å²) in [6.07, 6.45) is -0.256. The predicted molar refractivity (Wildman–Crippen MR) is 131 cm³/mol. The lowest BCUT2D eigenvalue weighted by molar-refractivity contribution is -0.136. The SMILES string of the molecule is COc1ccc(Cl)cc1S(=O)(=O)N1CCOc2ccc(C(=O)Nc3nc(CC(=O)O)c(C)s3)cc21. The monoisotopic (exact) mass is 537 g/mol. The van der Waals surface area contributed by atoms with Crippen LogP contribution in [0.1, 0.15) is 20.9 Å². The van der Waals surface area contributed by atoms with Gasteiger partial charge in [0.05, 0.1) is 31.5 Å². The third-order valence-corrected chi connectivity index (χ3v) is 8.17. The minimum atomic E-state index is -4.11. The highest BCUT2D eigenvalue weighted by atomic mass is 35.5. The molecule has 0 spiro atoms. The number of carbonyl (C=O) groups is 2. The fourth-order valence-corrected chi connectivity index (χ4v) is 6.21. The number of benzene rings is 2. The van der Waals surface area contributed by atoms with Crippen LogP contribution in [0.25, 0.3) is 0 Å². The molecule has 4 rings (SSSR count). The Kier molecular flexibility index (Phi) is 6.88. The predicted octanol–water partition coefficient (Wildman–Crippen LogP) is 3.58. The number of amides is 1. The van der Waals surface area contributed by atoms with Crippen LogP contribution in [-0.2, 0) is 21.2 Å². The number of fused-ring (bicyclic) bond motifs is 1. The van der Waals surface area contributed by atoms with Crippen molar-refractivity contribution >= 4 is 55.7 Å². The van der Waals surface area contributed by atoms with E-state index >= 15 is 0 Å². The highest BCUT2D eigenvalue weighted by molar-refractivity contribution is 7.93. The molecule has 2 aromatic carbocycles. The van der Waals surface area contributed by atoms with Crippen LogP contribution in [-0.4, -0.2) is 50.6 Å². The molecule has 0 saturated carbocycles. The second-order valence-electron chi connectivity index (χ2n) is 7.45. The highest BCUT2D eigenvalue weighted by Crippen LogP contribution is 2.39. The van der Waals surface area contributed by atoms with Crippen LogP contribution < -0.4 is 19.1 Å². The molecular weight excluding hydrogens is 518 g/mol. The van der Waals surface area contributed by atoms with Gasteiger partial charge in [-0.25, -0.2) is 13.4 Å². The van der Waals surface area contributed by atoms with Crippen molar-refractivity contribution in [3.8, 4) is 11.5 Å². The molecular formula is C22H20ClN3O7S2. The lowest BCUT2D eigenvalue weighted by atomic mass is 10.1. The van der Waals surface area contributed by atoms with Gasteiger partial charge in [0.2, 0.25) is 0 Å².